The summed E-state index contributed by atoms with van der Waals surface area (Å²) in [5.74, 6) is -0.170. The largest absolute Gasteiger partial charge is 0.468 e. The molecule has 0 aromatic carbocycles. The van der Waals surface area contributed by atoms with E-state index in [2.05, 4.69) is 29.2 Å². The van der Waals surface area contributed by atoms with E-state index < -0.39 is 5.54 Å². The lowest BCUT2D eigenvalue weighted by atomic mass is 9.96. The molecule has 0 aromatic rings. The van der Waals surface area contributed by atoms with Crippen molar-refractivity contribution in [3.05, 3.63) is 0 Å². The zero-order chi connectivity index (χ0) is 15.2. The molecular weight excluding hydrogens is 254 g/mol. The monoisotopic (exact) mass is 285 g/mol. The van der Waals surface area contributed by atoms with Crippen LogP contribution in [-0.4, -0.2) is 74.7 Å². The first-order valence-electron chi connectivity index (χ1n) is 7.65. The first-order chi connectivity index (χ1) is 9.42. The minimum absolute atomic E-state index is 0.170. The smallest absolute Gasteiger partial charge is 0.325 e. The van der Waals surface area contributed by atoms with Gasteiger partial charge in [-0.15, -0.1) is 0 Å². The number of carbonyl (C=O) groups is 1. The van der Waals surface area contributed by atoms with Crippen LogP contribution in [0.25, 0.3) is 0 Å². The maximum absolute atomic E-state index is 11.9. The maximum Gasteiger partial charge on any atom is 0.325 e. The highest BCUT2D eigenvalue weighted by Gasteiger charge is 2.34. The number of hydrogen-bond acceptors (Lipinski definition) is 5. The van der Waals surface area contributed by atoms with Gasteiger partial charge in [0.05, 0.1) is 7.11 Å². The molecule has 20 heavy (non-hydrogen) atoms. The zero-order valence-electron chi connectivity index (χ0n) is 13.7. The topological polar surface area (TPSA) is 44.8 Å². The molecule has 118 valence electrons. The summed E-state index contributed by atoms with van der Waals surface area (Å²) in [4.78, 5) is 16.7. The summed E-state index contributed by atoms with van der Waals surface area (Å²) in [6.45, 7) is 7.95. The molecule has 1 atom stereocenters. The quantitative estimate of drug-likeness (QED) is 0.706. The molecule has 0 amide bonds. The number of likely N-dealkylation sites (N-methyl/N-ethyl adjacent to an activating group) is 1. The summed E-state index contributed by atoms with van der Waals surface area (Å²) >= 11 is 0. The number of nitrogens with zero attached hydrogens (tertiary/aromatic N) is 2. The lowest BCUT2D eigenvalue weighted by molar-refractivity contribution is -0.148. The van der Waals surface area contributed by atoms with E-state index in [9.17, 15) is 4.79 Å². The Bertz CT molecular complexity index is 303. The fourth-order valence-corrected chi connectivity index (χ4v) is 2.90. The average Bonchev–Trinajstić information content (AvgIpc) is 2.45. The number of hydrogen-bond donors (Lipinski definition) is 1. The van der Waals surface area contributed by atoms with E-state index in [-0.39, 0.29) is 5.97 Å². The third-order valence-corrected chi connectivity index (χ3v) is 4.48. The van der Waals surface area contributed by atoms with Crippen LogP contribution < -0.4 is 5.32 Å². The Morgan fingerprint density at radius 3 is 2.55 bits per heavy atom. The molecular formula is C15H31N3O2. The van der Waals surface area contributed by atoms with Gasteiger partial charge < -0.3 is 19.9 Å². The van der Waals surface area contributed by atoms with Crippen molar-refractivity contribution < 1.29 is 9.53 Å². The van der Waals surface area contributed by atoms with Crippen LogP contribution in [0, 0.1) is 0 Å². The van der Waals surface area contributed by atoms with E-state index in [1.165, 1.54) is 20.0 Å². The van der Waals surface area contributed by atoms with Crippen molar-refractivity contribution in [1.29, 1.82) is 0 Å². The minimum Gasteiger partial charge on any atom is -0.468 e. The molecule has 5 heteroatoms. The van der Waals surface area contributed by atoms with E-state index in [1.54, 1.807) is 0 Å². The van der Waals surface area contributed by atoms with Crippen molar-refractivity contribution in [3.8, 4) is 0 Å². The predicted octanol–water partition coefficient (Wildman–Crippen LogP) is 0.944. The van der Waals surface area contributed by atoms with E-state index in [0.717, 1.165) is 32.6 Å². The van der Waals surface area contributed by atoms with E-state index >= 15 is 0 Å². The number of nitrogens with one attached hydrogen (secondary N) is 1. The molecule has 1 aliphatic rings. The summed E-state index contributed by atoms with van der Waals surface area (Å²) in [5, 5.41) is 3.27. The fraction of sp³-hybridized carbons (Fsp3) is 0.933. The molecule has 0 aromatic heterocycles. The zero-order valence-corrected chi connectivity index (χ0v) is 13.7. The standard InChI is InChI=1S/C15H31N3O2/c1-6-16-15(2,14(19)20-5)9-12-18(4)13-7-10-17(3)11-8-13/h13,16H,6-12H2,1-5H3. The Hall–Kier alpha value is -0.650. The SMILES string of the molecule is CCNC(C)(CCN(C)C1CCN(C)CC1)C(=O)OC. The van der Waals surface area contributed by atoms with Crippen molar-refractivity contribution in [3.63, 3.8) is 0 Å². The molecule has 0 saturated carbocycles. The van der Waals surface area contributed by atoms with Gasteiger partial charge in [0.15, 0.2) is 0 Å². The molecule has 0 aliphatic carbocycles. The Labute approximate surface area is 123 Å². The number of ether oxygens (including phenoxy) is 1. The first kappa shape index (κ1) is 17.4. The van der Waals surface area contributed by atoms with Gasteiger partial charge in [-0.25, -0.2) is 0 Å². The molecule has 5 nitrogen and oxygen atoms in total. The van der Waals surface area contributed by atoms with Gasteiger partial charge in [0.1, 0.15) is 5.54 Å². The van der Waals surface area contributed by atoms with Gasteiger partial charge in [-0.05, 0) is 59.9 Å². The number of esters is 1. The van der Waals surface area contributed by atoms with Gasteiger partial charge in [-0.2, -0.15) is 0 Å². The third-order valence-electron chi connectivity index (χ3n) is 4.48. The van der Waals surface area contributed by atoms with E-state index in [4.69, 9.17) is 4.74 Å². The minimum atomic E-state index is -0.580. The number of carbonyl (C=O) groups excluding carboxylic acids is 1. The second-order valence-corrected chi connectivity index (χ2v) is 6.12. The molecule has 1 saturated heterocycles. The van der Waals surface area contributed by atoms with E-state index in [1.807, 2.05) is 13.8 Å². The molecule has 1 rings (SSSR count). The summed E-state index contributed by atoms with van der Waals surface area (Å²) < 4.78 is 4.93. The van der Waals surface area contributed by atoms with Gasteiger partial charge >= 0.3 is 5.97 Å². The third kappa shape index (κ3) is 4.72. The summed E-state index contributed by atoms with van der Waals surface area (Å²) in [6.07, 6.45) is 3.20. The van der Waals surface area contributed by atoms with Crippen LogP contribution in [-0.2, 0) is 9.53 Å². The van der Waals surface area contributed by atoms with Gasteiger partial charge in [0.25, 0.3) is 0 Å². The van der Waals surface area contributed by atoms with Crippen LogP contribution in [0.2, 0.25) is 0 Å². The van der Waals surface area contributed by atoms with Gasteiger partial charge in [-0.1, -0.05) is 6.92 Å². The molecule has 1 aliphatic heterocycles. The van der Waals surface area contributed by atoms with Crippen molar-refractivity contribution >= 4 is 5.97 Å². The van der Waals surface area contributed by atoms with Crippen LogP contribution in [0.4, 0.5) is 0 Å². The highest BCUT2D eigenvalue weighted by molar-refractivity contribution is 5.80. The second-order valence-electron chi connectivity index (χ2n) is 6.12. The van der Waals surface area contributed by atoms with Crippen molar-refractivity contribution in [2.45, 2.75) is 44.7 Å². The number of methoxy groups -OCH3 is 1. The van der Waals surface area contributed by atoms with Gasteiger partial charge in [0.2, 0.25) is 0 Å². The molecule has 1 heterocycles. The van der Waals surface area contributed by atoms with Crippen LogP contribution in [0.3, 0.4) is 0 Å². The Balaban J connectivity index is 2.48. The fourth-order valence-electron chi connectivity index (χ4n) is 2.90. The Morgan fingerprint density at radius 2 is 2.05 bits per heavy atom. The van der Waals surface area contributed by atoms with Gasteiger partial charge in [0, 0.05) is 12.6 Å². The number of rotatable bonds is 7. The van der Waals surface area contributed by atoms with Crippen LogP contribution in [0.1, 0.15) is 33.1 Å². The van der Waals surface area contributed by atoms with Crippen LogP contribution >= 0.6 is 0 Å². The molecule has 1 unspecified atom stereocenters. The average molecular weight is 285 g/mol. The number of likely N-dealkylation sites (tertiary alicyclic amines) is 1. The molecule has 0 radical (unpaired) electrons. The molecule has 0 spiro atoms. The molecule has 0 bridgehead atoms. The lowest BCUT2D eigenvalue weighted by Crippen LogP contribution is -2.52. The van der Waals surface area contributed by atoms with E-state index in [0.29, 0.717) is 6.04 Å². The van der Waals surface area contributed by atoms with Gasteiger partial charge in [-0.3, -0.25) is 4.79 Å². The first-order valence-corrected chi connectivity index (χ1v) is 7.65. The normalized spacial score (nSPS) is 20.9. The van der Waals surface area contributed by atoms with Crippen molar-refractivity contribution in [2.75, 3.05) is 47.4 Å². The van der Waals surface area contributed by atoms with Crippen molar-refractivity contribution in [1.82, 2.24) is 15.1 Å². The van der Waals surface area contributed by atoms with Crippen molar-refractivity contribution in [2.24, 2.45) is 0 Å². The highest BCUT2D eigenvalue weighted by Crippen LogP contribution is 2.18. The predicted molar refractivity (Wildman–Crippen MR) is 81.9 cm³/mol. The maximum atomic E-state index is 11.9. The summed E-state index contributed by atoms with van der Waals surface area (Å²) in [6, 6.07) is 0.634. The highest BCUT2D eigenvalue weighted by atomic mass is 16.5. The van der Waals surface area contributed by atoms with Crippen LogP contribution in [0.5, 0.6) is 0 Å². The second kappa shape index (κ2) is 7.96. The lowest BCUT2D eigenvalue weighted by Gasteiger charge is -2.37. The summed E-state index contributed by atoms with van der Waals surface area (Å²) in [5.41, 5.74) is -0.580. The Morgan fingerprint density at radius 1 is 1.45 bits per heavy atom. The summed E-state index contributed by atoms with van der Waals surface area (Å²) in [7, 11) is 5.80. The van der Waals surface area contributed by atoms with Crippen LogP contribution in [0.15, 0.2) is 0 Å². The number of piperidine rings is 1. The Kier molecular flexibility index (Phi) is 6.92. The molecule has 1 N–H and O–H groups in total. The molecule has 1 fully saturated rings.